The van der Waals surface area contributed by atoms with E-state index in [1.807, 2.05) is 18.2 Å². The van der Waals surface area contributed by atoms with E-state index in [4.69, 9.17) is 10.5 Å². The van der Waals surface area contributed by atoms with Crippen molar-refractivity contribution in [3.05, 3.63) is 59.7 Å². The number of β-amino-alcohol motifs (C(OH)–C–C–N with tert-alkyl or cyclic N) is 1. The maximum atomic E-state index is 10.1. The first kappa shape index (κ1) is 13.9. The number of para-hydroxylation sites is 2. The van der Waals surface area contributed by atoms with Crippen LogP contribution in [0.2, 0.25) is 0 Å². The Hall–Kier alpha value is -2.04. The molecule has 0 bridgehead atoms. The van der Waals surface area contributed by atoms with Crippen LogP contribution < -0.4 is 10.5 Å². The normalized spacial score (nSPS) is 15.7. The van der Waals surface area contributed by atoms with Crippen LogP contribution in [0.25, 0.3) is 0 Å². The number of nitrogen functional groups attached to an aromatic ring is 1. The number of aliphatic hydroxyl groups is 1. The first-order chi connectivity index (χ1) is 10.2. The van der Waals surface area contributed by atoms with Gasteiger partial charge >= 0.3 is 0 Å². The van der Waals surface area contributed by atoms with Gasteiger partial charge in [0.05, 0.1) is 5.69 Å². The second kappa shape index (κ2) is 6.16. The van der Waals surface area contributed by atoms with Crippen LogP contribution in [-0.4, -0.2) is 29.3 Å². The van der Waals surface area contributed by atoms with Gasteiger partial charge in [0.25, 0.3) is 0 Å². The van der Waals surface area contributed by atoms with Crippen LogP contribution in [0.15, 0.2) is 48.5 Å². The van der Waals surface area contributed by atoms with Gasteiger partial charge in [-0.3, -0.25) is 4.90 Å². The average Bonchev–Trinajstić information content (AvgIpc) is 2.88. The van der Waals surface area contributed by atoms with E-state index in [0.29, 0.717) is 18.0 Å². The Morgan fingerprint density at radius 3 is 2.33 bits per heavy atom. The van der Waals surface area contributed by atoms with Crippen LogP contribution in [0.3, 0.4) is 0 Å². The number of rotatable bonds is 5. The fourth-order valence-corrected chi connectivity index (χ4v) is 2.68. The Kier molecular flexibility index (Phi) is 4.08. The number of benzene rings is 2. The molecule has 0 saturated carbocycles. The van der Waals surface area contributed by atoms with Crippen LogP contribution in [-0.2, 0) is 13.1 Å². The molecule has 3 N–H and O–H groups in total. The number of aliphatic hydroxyl groups excluding tert-OH is 1. The minimum Gasteiger partial charge on any atom is -0.489 e. The van der Waals surface area contributed by atoms with E-state index in [9.17, 15) is 5.11 Å². The summed E-state index contributed by atoms with van der Waals surface area (Å²) < 4.78 is 5.58. The summed E-state index contributed by atoms with van der Waals surface area (Å²) in [5.74, 6) is 0.626. The molecule has 1 unspecified atom stereocenters. The zero-order valence-corrected chi connectivity index (χ0v) is 11.9. The van der Waals surface area contributed by atoms with Gasteiger partial charge < -0.3 is 15.6 Å². The molecular formula is C17H20N2O2. The second-order valence-electron chi connectivity index (χ2n) is 5.44. The maximum Gasteiger partial charge on any atom is 0.142 e. The molecular weight excluding hydrogens is 264 g/mol. The number of nitrogens with zero attached hydrogens (tertiary/aromatic N) is 1. The molecule has 4 nitrogen and oxygen atoms in total. The molecule has 1 aliphatic heterocycles. The molecule has 0 fully saturated rings. The lowest BCUT2D eigenvalue weighted by molar-refractivity contribution is 0.0676. The van der Waals surface area contributed by atoms with Crippen LogP contribution in [0.5, 0.6) is 5.75 Å². The lowest BCUT2D eigenvalue weighted by Crippen LogP contribution is -2.32. The first-order valence-electron chi connectivity index (χ1n) is 7.17. The van der Waals surface area contributed by atoms with Gasteiger partial charge in [-0.1, -0.05) is 36.4 Å². The van der Waals surface area contributed by atoms with E-state index in [1.54, 1.807) is 6.07 Å². The molecule has 110 valence electrons. The molecule has 4 heteroatoms. The fraction of sp³-hybridized carbons (Fsp3) is 0.294. The Morgan fingerprint density at radius 1 is 1.05 bits per heavy atom. The highest BCUT2D eigenvalue weighted by molar-refractivity contribution is 5.51. The number of nitrogens with two attached hydrogens (primary N) is 1. The van der Waals surface area contributed by atoms with Gasteiger partial charge in [0.2, 0.25) is 0 Å². The van der Waals surface area contributed by atoms with Crippen molar-refractivity contribution in [3.8, 4) is 5.75 Å². The number of hydrogen-bond donors (Lipinski definition) is 2. The van der Waals surface area contributed by atoms with E-state index in [2.05, 4.69) is 29.2 Å². The Morgan fingerprint density at radius 2 is 1.67 bits per heavy atom. The van der Waals surface area contributed by atoms with E-state index in [1.165, 1.54) is 11.1 Å². The molecule has 21 heavy (non-hydrogen) atoms. The minimum absolute atomic E-state index is 0.251. The summed E-state index contributed by atoms with van der Waals surface area (Å²) in [6, 6.07) is 15.7. The highest BCUT2D eigenvalue weighted by Crippen LogP contribution is 2.23. The molecule has 0 spiro atoms. The summed E-state index contributed by atoms with van der Waals surface area (Å²) in [5.41, 5.74) is 9.10. The zero-order chi connectivity index (χ0) is 14.7. The van der Waals surface area contributed by atoms with Crippen molar-refractivity contribution in [2.24, 2.45) is 0 Å². The molecule has 3 rings (SSSR count). The SMILES string of the molecule is Nc1ccccc1OCC(O)CN1Cc2ccccc2C1. The molecule has 0 aromatic heterocycles. The molecule has 2 aromatic rings. The molecule has 1 heterocycles. The Bertz CT molecular complexity index is 590. The quantitative estimate of drug-likeness (QED) is 0.825. The summed E-state index contributed by atoms with van der Waals surface area (Å²) in [7, 11) is 0. The van der Waals surface area contributed by atoms with Crippen molar-refractivity contribution in [1.82, 2.24) is 4.90 Å². The molecule has 0 saturated heterocycles. The molecule has 1 atom stereocenters. The summed E-state index contributed by atoms with van der Waals surface area (Å²) in [4.78, 5) is 2.23. The third-order valence-corrected chi connectivity index (χ3v) is 3.73. The first-order valence-corrected chi connectivity index (χ1v) is 7.17. The molecule has 2 aromatic carbocycles. The Balaban J connectivity index is 1.50. The van der Waals surface area contributed by atoms with Crippen molar-refractivity contribution < 1.29 is 9.84 Å². The molecule has 0 radical (unpaired) electrons. The van der Waals surface area contributed by atoms with Gasteiger partial charge in [-0.15, -0.1) is 0 Å². The van der Waals surface area contributed by atoms with E-state index in [0.717, 1.165) is 13.1 Å². The van der Waals surface area contributed by atoms with E-state index in [-0.39, 0.29) is 6.61 Å². The van der Waals surface area contributed by atoms with Gasteiger partial charge in [-0.2, -0.15) is 0 Å². The Labute approximate surface area is 124 Å². The highest BCUT2D eigenvalue weighted by atomic mass is 16.5. The summed E-state index contributed by atoms with van der Waals surface area (Å²) >= 11 is 0. The maximum absolute atomic E-state index is 10.1. The van der Waals surface area contributed by atoms with Gasteiger partial charge in [0, 0.05) is 19.6 Å². The fourth-order valence-electron chi connectivity index (χ4n) is 2.68. The molecule has 0 amide bonds. The number of fused-ring (bicyclic) bond motifs is 1. The largest absolute Gasteiger partial charge is 0.489 e. The summed E-state index contributed by atoms with van der Waals surface area (Å²) in [6.07, 6.45) is -0.529. The van der Waals surface area contributed by atoms with Crippen molar-refractivity contribution in [1.29, 1.82) is 0 Å². The van der Waals surface area contributed by atoms with Crippen molar-refractivity contribution in [2.75, 3.05) is 18.9 Å². The van der Waals surface area contributed by atoms with Crippen LogP contribution in [0.4, 0.5) is 5.69 Å². The third-order valence-electron chi connectivity index (χ3n) is 3.73. The van der Waals surface area contributed by atoms with Crippen LogP contribution >= 0.6 is 0 Å². The molecule has 1 aliphatic rings. The van der Waals surface area contributed by atoms with Crippen molar-refractivity contribution in [3.63, 3.8) is 0 Å². The smallest absolute Gasteiger partial charge is 0.142 e. The topological polar surface area (TPSA) is 58.7 Å². The minimum atomic E-state index is -0.529. The van der Waals surface area contributed by atoms with Gasteiger partial charge in [-0.05, 0) is 23.3 Å². The predicted octanol–water partition coefficient (Wildman–Crippen LogP) is 2.02. The number of hydrogen-bond acceptors (Lipinski definition) is 4. The van der Waals surface area contributed by atoms with Gasteiger partial charge in [0.1, 0.15) is 18.5 Å². The van der Waals surface area contributed by atoms with Crippen molar-refractivity contribution in [2.45, 2.75) is 19.2 Å². The summed E-state index contributed by atoms with van der Waals surface area (Å²) in [5, 5.41) is 10.1. The zero-order valence-electron chi connectivity index (χ0n) is 11.9. The molecule has 0 aliphatic carbocycles. The monoisotopic (exact) mass is 284 g/mol. The van der Waals surface area contributed by atoms with E-state index >= 15 is 0 Å². The van der Waals surface area contributed by atoms with Crippen LogP contribution in [0.1, 0.15) is 11.1 Å². The van der Waals surface area contributed by atoms with Gasteiger partial charge in [0.15, 0.2) is 0 Å². The summed E-state index contributed by atoms with van der Waals surface area (Å²) in [6.45, 7) is 2.63. The average molecular weight is 284 g/mol. The van der Waals surface area contributed by atoms with Gasteiger partial charge in [-0.25, -0.2) is 0 Å². The highest BCUT2D eigenvalue weighted by Gasteiger charge is 2.20. The third kappa shape index (κ3) is 3.35. The van der Waals surface area contributed by atoms with Crippen LogP contribution in [0, 0.1) is 0 Å². The number of anilines is 1. The standard InChI is InChI=1S/C17H20N2O2/c18-16-7-3-4-8-17(16)21-12-15(20)11-19-9-13-5-1-2-6-14(13)10-19/h1-8,15,20H,9-12,18H2. The second-order valence-corrected chi connectivity index (χ2v) is 5.44. The van der Waals surface area contributed by atoms with E-state index < -0.39 is 6.10 Å². The lowest BCUT2D eigenvalue weighted by Gasteiger charge is -2.20. The predicted molar refractivity (Wildman–Crippen MR) is 82.9 cm³/mol. The van der Waals surface area contributed by atoms with Crippen molar-refractivity contribution >= 4 is 5.69 Å². The lowest BCUT2D eigenvalue weighted by atomic mass is 10.1. The number of ether oxygens (including phenoxy) is 1.